The zero-order valence-electron chi connectivity index (χ0n) is 12.1. The van der Waals surface area contributed by atoms with E-state index in [1.165, 1.54) is 0 Å². The number of nitrogens with two attached hydrogens (primary N) is 1. The number of benzene rings is 2. The Kier molecular flexibility index (Phi) is 4.63. The summed E-state index contributed by atoms with van der Waals surface area (Å²) in [5, 5.41) is 22.3. The fraction of sp³-hybridized carbons (Fsp3) is 0.412. The fourth-order valence-corrected chi connectivity index (χ4v) is 2.51. The Labute approximate surface area is 120 Å². The van der Waals surface area contributed by atoms with E-state index in [4.69, 9.17) is 5.73 Å². The van der Waals surface area contributed by atoms with Gasteiger partial charge in [-0.15, -0.1) is 0 Å². The van der Waals surface area contributed by atoms with Crippen LogP contribution in [-0.4, -0.2) is 16.3 Å². The van der Waals surface area contributed by atoms with Crippen LogP contribution in [0.5, 0.6) is 5.75 Å². The third kappa shape index (κ3) is 3.11. The molecule has 0 radical (unpaired) electrons. The first-order chi connectivity index (χ1) is 9.50. The van der Waals surface area contributed by atoms with E-state index in [2.05, 4.69) is 13.8 Å². The maximum absolute atomic E-state index is 10.3. The Bertz CT molecular complexity index is 580. The van der Waals surface area contributed by atoms with Gasteiger partial charge in [0.05, 0.1) is 12.1 Å². The van der Waals surface area contributed by atoms with Crippen molar-refractivity contribution in [1.82, 2.24) is 0 Å². The van der Waals surface area contributed by atoms with Crippen LogP contribution in [0.2, 0.25) is 0 Å². The van der Waals surface area contributed by atoms with Crippen LogP contribution >= 0.6 is 0 Å². The second kappa shape index (κ2) is 6.25. The molecule has 0 unspecified atom stereocenters. The third-order valence-corrected chi connectivity index (χ3v) is 3.74. The average Bonchev–Trinajstić information content (AvgIpc) is 2.44. The molecule has 0 saturated heterocycles. The Hall–Kier alpha value is -1.58. The molecule has 2 rings (SSSR count). The van der Waals surface area contributed by atoms with Crippen LogP contribution in [0.4, 0.5) is 0 Å². The lowest BCUT2D eigenvalue weighted by Gasteiger charge is -2.22. The van der Waals surface area contributed by atoms with Gasteiger partial charge in [0.2, 0.25) is 0 Å². The van der Waals surface area contributed by atoms with Crippen LogP contribution < -0.4 is 5.73 Å². The average molecular weight is 273 g/mol. The molecule has 0 amide bonds. The van der Waals surface area contributed by atoms with E-state index in [1.807, 2.05) is 30.3 Å². The van der Waals surface area contributed by atoms with Gasteiger partial charge in [0.25, 0.3) is 0 Å². The van der Waals surface area contributed by atoms with Gasteiger partial charge in [-0.2, -0.15) is 0 Å². The molecule has 2 aromatic carbocycles. The zero-order chi connectivity index (χ0) is 14.7. The number of aromatic hydroxyl groups is 1. The summed E-state index contributed by atoms with van der Waals surface area (Å²) in [6.45, 7) is 4.24. The summed E-state index contributed by atoms with van der Waals surface area (Å²) in [4.78, 5) is 0. The molecular weight excluding hydrogens is 250 g/mol. The highest BCUT2D eigenvalue weighted by Gasteiger charge is 2.22. The maximum Gasteiger partial charge on any atom is 0.121 e. The van der Waals surface area contributed by atoms with Crippen molar-refractivity contribution >= 4 is 10.8 Å². The van der Waals surface area contributed by atoms with Crippen LogP contribution in [0.1, 0.15) is 38.3 Å². The minimum absolute atomic E-state index is 0.153. The second-order valence-electron chi connectivity index (χ2n) is 5.78. The number of fused-ring (bicyclic) bond motifs is 1. The van der Waals surface area contributed by atoms with Gasteiger partial charge in [-0.05, 0) is 35.6 Å². The van der Waals surface area contributed by atoms with Crippen molar-refractivity contribution in [3.8, 4) is 5.75 Å². The van der Waals surface area contributed by atoms with E-state index >= 15 is 0 Å². The SMILES string of the molecule is CC(C)CC[C@H](O)[C@H](N)c1c(O)ccc2ccccc12. The lowest BCUT2D eigenvalue weighted by Crippen LogP contribution is -2.26. The summed E-state index contributed by atoms with van der Waals surface area (Å²) < 4.78 is 0. The molecule has 0 heterocycles. The lowest BCUT2D eigenvalue weighted by atomic mass is 9.92. The van der Waals surface area contributed by atoms with E-state index in [1.54, 1.807) is 6.07 Å². The topological polar surface area (TPSA) is 66.5 Å². The molecule has 0 aliphatic carbocycles. The Morgan fingerprint density at radius 1 is 1.05 bits per heavy atom. The van der Waals surface area contributed by atoms with Crippen molar-refractivity contribution in [2.24, 2.45) is 11.7 Å². The van der Waals surface area contributed by atoms with E-state index in [9.17, 15) is 10.2 Å². The number of rotatable bonds is 5. The normalized spacial score (nSPS) is 14.7. The number of hydrogen-bond acceptors (Lipinski definition) is 3. The molecule has 0 bridgehead atoms. The monoisotopic (exact) mass is 273 g/mol. The number of phenolic OH excluding ortho intramolecular Hbond substituents is 1. The van der Waals surface area contributed by atoms with Crippen LogP contribution in [0.25, 0.3) is 10.8 Å². The highest BCUT2D eigenvalue weighted by Crippen LogP contribution is 2.33. The molecule has 0 fully saturated rings. The summed E-state index contributed by atoms with van der Waals surface area (Å²) in [6.07, 6.45) is 0.913. The minimum atomic E-state index is -0.644. The second-order valence-corrected chi connectivity index (χ2v) is 5.78. The van der Waals surface area contributed by atoms with Crippen LogP contribution in [-0.2, 0) is 0 Å². The molecular formula is C17H23NO2. The molecule has 0 aromatic heterocycles. The summed E-state index contributed by atoms with van der Waals surface area (Å²) in [7, 11) is 0. The molecule has 0 aliphatic rings. The van der Waals surface area contributed by atoms with E-state index in [0.29, 0.717) is 17.9 Å². The molecule has 20 heavy (non-hydrogen) atoms. The molecule has 0 saturated carbocycles. The van der Waals surface area contributed by atoms with Gasteiger partial charge in [-0.3, -0.25) is 0 Å². The molecule has 108 valence electrons. The molecule has 4 N–H and O–H groups in total. The van der Waals surface area contributed by atoms with Gasteiger partial charge < -0.3 is 15.9 Å². The van der Waals surface area contributed by atoms with E-state index < -0.39 is 12.1 Å². The quantitative estimate of drug-likeness (QED) is 0.782. The number of aliphatic hydroxyl groups is 1. The van der Waals surface area contributed by atoms with Crippen molar-refractivity contribution in [3.05, 3.63) is 42.0 Å². The Morgan fingerprint density at radius 3 is 2.45 bits per heavy atom. The molecule has 2 atom stereocenters. The minimum Gasteiger partial charge on any atom is -0.508 e. The van der Waals surface area contributed by atoms with Gasteiger partial charge in [0.15, 0.2) is 0 Å². The van der Waals surface area contributed by atoms with Gasteiger partial charge in [-0.25, -0.2) is 0 Å². The summed E-state index contributed by atoms with van der Waals surface area (Å²) in [6, 6.07) is 10.7. The zero-order valence-corrected chi connectivity index (χ0v) is 12.1. The summed E-state index contributed by atoms with van der Waals surface area (Å²) in [5.41, 5.74) is 6.82. The van der Waals surface area contributed by atoms with Crippen molar-refractivity contribution in [3.63, 3.8) is 0 Å². The van der Waals surface area contributed by atoms with Crippen molar-refractivity contribution in [1.29, 1.82) is 0 Å². The van der Waals surface area contributed by atoms with E-state index in [-0.39, 0.29) is 5.75 Å². The van der Waals surface area contributed by atoms with Gasteiger partial charge in [0.1, 0.15) is 5.75 Å². The fourth-order valence-electron chi connectivity index (χ4n) is 2.51. The molecule has 0 aliphatic heterocycles. The van der Waals surface area contributed by atoms with Crippen LogP contribution in [0.15, 0.2) is 36.4 Å². The third-order valence-electron chi connectivity index (χ3n) is 3.74. The Morgan fingerprint density at radius 2 is 1.75 bits per heavy atom. The molecule has 3 nitrogen and oxygen atoms in total. The van der Waals surface area contributed by atoms with Gasteiger partial charge >= 0.3 is 0 Å². The molecule has 0 spiro atoms. The van der Waals surface area contributed by atoms with Crippen molar-refractivity contribution < 1.29 is 10.2 Å². The highest BCUT2D eigenvalue weighted by atomic mass is 16.3. The van der Waals surface area contributed by atoms with E-state index in [0.717, 1.165) is 17.2 Å². The van der Waals surface area contributed by atoms with Crippen molar-refractivity contribution in [2.45, 2.75) is 38.8 Å². The summed E-state index contributed by atoms with van der Waals surface area (Å²) in [5.74, 6) is 0.678. The highest BCUT2D eigenvalue weighted by molar-refractivity contribution is 5.88. The summed E-state index contributed by atoms with van der Waals surface area (Å²) >= 11 is 0. The van der Waals surface area contributed by atoms with Crippen LogP contribution in [0.3, 0.4) is 0 Å². The number of phenols is 1. The first-order valence-electron chi connectivity index (χ1n) is 7.15. The van der Waals surface area contributed by atoms with Gasteiger partial charge in [-0.1, -0.05) is 44.2 Å². The smallest absolute Gasteiger partial charge is 0.121 e. The maximum atomic E-state index is 10.3. The first-order valence-corrected chi connectivity index (χ1v) is 7.15. The predicted molar refractivity (Wildman–Crippen MR) is 82.6 cm³/mol. The molecule has 2 aromatic rings. The largest absolute Gasteiger partial charge is 0.508 e. The number of hydrogen-bond donors (Lipinski definition) is 3. The standard InChI is InChI=1S/C17H23NO2/c1-11(2)7-9-15(20)17(18)16-13-6-4-3-5-12(13)8-10-14(16)19/h3-6,8,10-11,15,17,19-20H,7,9,18H2,1-2H3/t15-,17-/m0/s1. The number of aliphatic hydroxyl groups excluding tert-OH is 1. The van der Waals surface area contributed by atoms with Crippen molar-refractivity contribution in [2.75, 3.05) is 0 Å². The Balaban J connectivity index is 2.33. The van der Waals surface area contributed by atoms with Crippen LogP contribution in [0, 0.1) is 5.92 Å². The van der Waals surface area contributed by atoms with Gasteiger partial charge in [0, 0.05) is 5.56 Å². The first kappa shape index (κ1) is 14.8. The lowest BCUT2D eigenvalue weighted by molar-refractivity contribution is 0.127. The predicted octanol–water partition coefficient (Wildman–Crippen LogP) is 3.34. The molecule has 3 heteroatoms.